The number of halogens is 1. The van der Waals surface area contributed by atoms with E-state index in [1.54, 1.807) is 41.4 Å². The second-order valence-corrected chi connectivity index (χ2v) is 9.24. The van der Waals surface area contributed by atoms with Gasteiger partial charge in [-0.1, -0.05) is 0 Å². The van der Waals surface area contributed by atoms with Gasteiger partial charge in [-0.25, -0.2) is 4.39 Å². The Kier molecular flexibility index (Phi) is 7.57. The summed E-state index contributed by atoms with van der Waals surface area (Å²) < 4.78 is 31.6. The zero-order chi connectivity index (χ0) is 27.4. The third-order valence-electron chi connectivity index (χ3n) is 6.55. The van der Waals surface area contributed by atoms with Gasteiger partial charge in [-0.15, -0.1) is 0 Å². The molecule has 4 bridgehead atoms. The fraction of sp³-hybridized carbons (Fsp3) is 0.286. The first-order chi connectivity index (χ1) is 18.9. The highest BCUT2D eigenvalue weighted by Crippen LogP contribution is 2.29. The van der Waals surface area contributed by atoms with Gasteiger partial charge in [0.25, 0.3) is 17.7 Å². The van der Waals surface area contributed by atoms with Crippen molar-refractivity contribution in [1.82, 2.24) is 20.5 Å². The summed E-state index contributed by atoms with van der Waals surface area (Å²) in [6.07, 6.45) is 2.91. The molecule has 1 fully saturated rings. The van der Waals surface area contributed by atoms with Crippen molar-refractivity contribution in [2.75, 3.05) is 26.8 Å². The van der Waals surface area contributed by atoms with Crippen LogP contribution in [0, 0.1) is 5.82 Å². The van der Waals surface area contributed by atoms with Gasteiger partial charge in [-0.3, -0.25) is 19.4 Å². The van der Waals surface area contributed by atoms with E-state index in [0.717, 1.165) is 0 Å². The number of carbonyl (C=O) groups is 3. The normalized spacial score (nSPS) is 19.5. The number of methoxy groups -OCH3 is 1. The van der Waals surface area contributed by atoms with Crippen LogP contribution in [0.15, 0.2) is 60.9 Å². The lowest BCUT2D eigenvalue weighted by atomic mass is 10.00. The number of hydrogen-bond donors (Lipinski definition) is 2. The van der Waals surface area contributed by atoms with Crippen LogP contribution in [0.3, 0.4) is 0 Å². The average molecular weight is 535 g/mol. The quantitative estimate of drug-likeness (QED) is 0.518. The smallest absolute Gasteiger partial charge is 0.258 e. The van der Waals surface area contributed by atoms with Crippen LogP contribution >= 0.6 is 0 Å². The summed E-state index contributed by atoms with van der Waals surface area (Å²) in [6.45, 7) is 0.257. The fourth-order valence-corrected chi connectivity index (χ4v) is 4.61. The van der Waals surface area contributed by atoms with E-state index in [2.05, 4.69) is 15.6 Å². The second-order valence-electron chi connectivity index (χ2n) is 9.24. The van der Waals surface area contributed by atoms with Crippen LogP contribution < -0.4 is 24.8 Å². The molecule has 2 aliphatic rings. The van der Waals surface area contributed by atoms with E-state index in [0.29, 0.717) is 29.8 Å². The Morgan fingerprint density at radius 2 is 2.05 bits per heavy atom. The molecule has 3 heterocycles. The van der Waals surface area contributed by atoms with E-state index in [1.807, 2.05) is 0 Å². The first-order valence-electron chi connectivity index (χ1n) is 12.4. The van der Waals surface area contributed by atoms with Crippen molar-refractivity contribution in [3.05, 3.63) is 83.4 Å². The monoisotopic (exact) mass is 534 g/mol. The standard InChI is InChI=1S/C28H27FN4O6/c1-37-24-5-4-18-11-25(24)38-16-26(34)31-13-17-9-20(29)12-21(10-17)39-23-6-8-33(15-22(23)32-27(18)35)28(36)19-3-2-7-30-14-19/h2-5,7,9-12,14,22-23H,6,8,13,15-16H2,1H3,(H,31,34)(H,32,35)/t22-,23+/m0/s1. The third-order valence-corrected chi connectivity index (χ3v) is 6.55. The lowest BCUT2D eigenvalue weighted by Crippen LogP contribution is -2.58. The zero-order valence-electron chi connectivity index (χ0n) is 21.2. The van der Waals surface area contributed by atoms with Crippen LogP contribution in [0.4, 0.5) is 4.39 Å². The van der Waals surface area contributed by atoms with Gasteiger partial charge in [-0.2, -0.15) is 0 Å². The summed E-state index contributed by atoms with van der Waals surface area (Å²) in [6, 6.07) is 11.6. The molecule has 3 aromatic rings. The number of ether oxygens (including phenoxy) is 3. The van der Waals surface area contributed by atoms with Gasteiger partial charge in [0.05, 0.1) is 18.7 Å². The molecule has 39 heavy (non-hydrogen) atoms. The van der Waals surface area contributed by atoms with Gasteiger partial charge >= 0.3 is 0 Å². The summed E-state index contributed by atoms with van der Waals surface area (Å²) in [5, 5.41) is 5.66. The Bertz CT molecular complexity index is 1390. The van der Waals surface area contributed by atoms with Crippen LogP contribution in [0.1, 0.15) is 32.7 Å². The van der Waals surface area contributed by atoms with Crippen molar-refractivity contribution in [1.29, 1.82) is 0 Å². The van der Waals surface area contributed by atoms with Crippen LogP contribution in [0.5, 0.6) is 17.2 Å². The topological polar surface area (TPSA) is 119 Å². The molecule has 0 saturated carbocycles. The predicted octanol–water partition coefficient (Wildman–Crippen LogP) is 2.33. The van der Waals surface area contributed by atoms with E-state index in [1.165, 1.54) is 31.5 Å². The molecule has 2 aliphatic heterocycles. The molecule has 202 valence electrons. The minimum Gasteiger partial charge on any atom is -0.493 e. The molecule has 0 spiro atoms. The first kappa shape index (κ1) is 26.0. The molecule has 0 radical (unpaired) electrons. The molecule has 2 atom stereocenters. The molecule has 3 amide bonds. The molecule has 1 saturated heterocycles. The number of amides is 3. The number of aromatic nitrogens is 1. The van der Waals surface area contributed by atoms with Crippen molar-refractivity contribution in [3.8, 4) is 17.2 Å². The third kappa shape index (κ3) is 6.08. The summed E-state index contributed by atoms with van der Waals surface area (Å²) >= 11 is 0. The number of piperidine rings is 1. The highest BCUT2D eigenvalue weighted by atomic mass is 19.1. The number of nitrogens with zero attached hydrogens (tertiary/aromatic N) is 2. The van der Waals surface area contributed by atoms with Crippen molar-refractivity contribution in [3.63, 3.8) is 0 Å². The second kappa shape index (κ2) is 11.4. The number of benzene rings is 2. The minimum atomic E-state index is -0.613. The lowest BCUT2D eigenvalue weighted by molar-refractivity contribution is -0.123. The average Bonchev–Trinajstić information content (AvgIpc) is 2.95. The molecule has 5 rings (SSSR count). The zero-order valence-corrected chi connectivity index (χ0v) is 21.2. The van der Waals surface area contributed by atoms with Gasteiger partial charge < -0.3 is 29.7 Å². The highest BCUT2D eigenvalue weighted by Gasteiger charge is 2.35. The summed E-state index contributed by atoms with van der Waals surface area (Å²) in [5.41, 5.74) is 1.20. The molecule has 1 aromatic heterocycles. The van der Waals surface area contributed by atoms with E-state index in [9.17, 15) is 18.8 Å². The molecule has 2 aromatic carbocycles. The van der Waals surface area contributed by atoms with E-state index >= 15 is 0 Å². The van der Waals surface area contributed by atoms with Crippen LogP contribution in [-0.2, 0) is 11.3 Å². The number of hydrogen-bond acceptors (Lipinski definition) is 7. The summed E-state index contributed by atoms with van der Waals surface area (Å²) in [5.74, 6) is -0.798. The number of carbonyl (C=O) groups excluding carboxylic acids is 3. The Balaban J connectivity index is 1.47. The maximum absolute atomic E-state index is 14.4. The number of rotatable bonds is 2. The van der Waals surface area contributed by atoms with Crippen molar-refractivity contribution >= 4 is 17.7 Å². The van der Waals surface area contributed by atoms with Gasteiger partial charge in [0.2, 0.25) is 0 Å². The minimum absolute atomic E-state index is 0.0612. The van der Waals surface area contributed by atoms with Gasteiger partial charge in [0.15, 0.2) is 18.1 Å². The van der Waals surface area contributed by atoms with Crippen molar-refractivity contribution in [2.45, 2.75) is 25.1 Å². The fourth-order valence-electron chi connectivity index (χ4n) is 4.61. The Morgan fingerprint density at radius 3 is 2.85 bits per heavy atom. The van der Waals surface area contributed by atoms with Crippen molar-refractivity contribution < 1.29 is 33.0 Å². The van der Waals surface area contributed by atoms with Gasteiger partial charge in [0, 0.05) is 50.1 Å². The lowest BCUT2D eigenvalue weighted by Gasteiger charge is -2.39. The molecule has 0 unspecified atom stereocenters. The first-order valence-corrected chi connectivity index (χ1v) is 12.4. The molecule has 11 heteroatoms. The number of nitrogens with one attached hydrogen (secondary N) is 2. The Morgan fingerprint density at radius 1 is 1.18 bits per heavy atom. The maximum Gasteiger partial charge on any atom is 0.258 e. The molecule has 0 aliphatic carbocycles. The van der Waals surface area contributed by atoms with Gasteiger partial charge in [-0.05, 0) is 48.0 Å². The highest BCUT2D eigenvalue weighted by molar-refractivity contribution is 5.96. The Hall–Kier alpha value is -4.67. The predicted molar refractivity (Wildman–Crippen MR) is 137 cm³/mol. The summed E-state index contributed by atoms with van der Waals surface area (Å²) in [7, 11) is 1.45. The van der Waals surface area contributed by atoms with Gasteiger partial charge in [0.1, 0.15) is 17.7 Å². The van der Waals surface area contributed by atoms with E-state index in [4.69, 9.17) is 14.2 Å². The molecule has 2 N–H and O–H groups in total. The van der Waals surface area contributed by atoms with Crippen LogP contribution in [0.2, 0.25) is 0 Å². The SMILES string of the molecule is COc1ccc2cc1OCC(=O)NCc1cc(F)cc(c1)O[C@@H]1CCN(C(=O)c3cccnc3)C[C@@H]1NC2=O. The molecule has 10 nitrogen and oxygen atoms in total. The number of fused-ring (bicyclic) bond motifs is 5. The number of likely N-dealkylation sites (tertiary alicyclic amines) is 1. The van der Waals surface area contributed by atoms with Crippen molar-refractivity contribution in [2.24, 2.45) is 0 Å². The van der Waals surface area contributed by atoms with E-state index < -0.39 is 29.8 Å². The largest absolute Gasteiger partial charge is 0.493 e. The maximum atomic E-state index is 14.4. The van der Waals surface area contributed by atoms with Crippen LogP contribution in [-0.4, -0.2) is 66.6 Å². The number of pyridine rings is 1. The molecular formula is C28H27FN4O6. The molecular weight excluding hydrogens is 507 g/mol. The Labute approximate surface area is 224 Å². The van der Waals surface area contributed by atoms with E-state index in [-0.39, 0.29) is 42.7 Å². The van der Waals surface area contributed by atoms with Crippen LogP contribution in [0.25, 0.3) is 0 Å². The summed E-state index contributed by atoms with van der Waals surface area (Å²) in [4.78, 5) is 44.5.